The quantitative estimate of drug-likeness (QED) is 0.111. The van der Waals surface area contributed by atoms with Gasteiger partial charge < -0.3 is 14.2 Å². The summed E-state index contributed by atoms with van der Waals surface area (Å²) in [6.07, 6.45) is 1.43. The smallest absolute Gasteiger partial charge is 0.335 e. The Labute approximate surface area is 270 Å². The first-order valence-electron chi connectivity index (χ1n) is 13.2. The van der Waals surface area contributed by atoms with Crippen molar-refractivity contribution < 1.29 is 28.6 Å². The minimum atomic E-state index is -0.831. The minimum absolute atomic E-state index is 0.193. The summed E-state index contributed by atoms with van der Waals surface area (Å²) >= 11 is 5.53. The number of barbiturate groups is 1. The number of carbonyl (C=O) groups is 3. The highest BCUT2D eigenvalue weighted by Crippen LogP contribution is 2.36. The first-order chi connectivity index (χ1) is 20.7. The number of rotatable bonds is 9. The Morgan fingerprint density at radius 1 is 0.884 bits per heavy atom. The van der Waals surface area contributed by atoms with Crippen molar-refractivity contribution in [2.75, 3.05) is 12.0 Å². The molecule has 0 spiro atoms. The topological polar surface area (TPSA) is 94.2 Å². The van der Waals surface area contributed by atoms with Gasteiger partial charge in [0.05, 0.1) is 16.4 Å². The third-order valence-corrected chi connectivity index (χ3v) is 7.87. The Morgan fingerprint density at radius 3 is 2.30 bits per heavy atom. The minimum Gasteiger partial charge on any atom is -0.493 e. The van der Waals surface area contributed by atoms with Gasteiger partial charge in [-0.3, -0.25) is 14.9 Å². The van der Waals surface area contributed by atoms with Gasteiger partial charge in [-0.25, -0.2) is 9.69 Å². The number of hydrogen-bond acceptors (Lipinski definition) is 6. The molecule has 43 heavy (non-hydrogen) atoms. The third kappa shape index (κ3) is 7.26. The molecule has 4 aromatic rings. The Hall–Kier alpha value is -4.16. The maximum atomic E-state index is 13.5. The van der Waals surface area contributed by atoms with Gasteiger partial charge in [0, 0.05) is 4.47 Å². The van der Waals surface area contributed by atoms with Crippen LogP contribution in [0.25, 0.3) is 6.08 Å². The van der Waals surface area contributed by atoms with Crippen molar-refractivity contribution in [1.82, 2.24) is 5.32 Å². The van der Waals surface area contributed by atoms with E-state index in [1.165, 1.54) is 13.2 Å². The first kappa shape index (κ1) is 30.3. The largest absolute Gasteiger partial charge is 0.493 e. The van der Waals surface area contributed by atoms with Crippen LogP contribution in [0.3, 0.4) is 0 Å². The molecule has 0 radical (unpaired) electrons. The maximum Gasteiger partial charge on any atom is 0.335 e. The van der Waals surface area contributed by atoms with E-state index >= 15 is 0 Å². The summed E-state index contributed by atoms with van der Waals surface area (Å²) in [5.41, 5.74) is 3.78. The van der Waals surface area contributed by atoms with E-state index in [9.17, 15) is 14.4 Å². The van der Waals surface area contributed by atoms with Gasteiger partial charge in [-0.2, -0.15) is 0 Å². The van der Waals surface area contributed by atoms with Crippen LogP contribution in [-0.4, -0.2) is 25.0 Å². The zero-order valence-corrected chi connectivity index (χ0v) is 27.0. The average molecular weight is 753 g/mol. The number of amides is 4. The van der Waals surface area contributed by atoms with Crippen molar-refractivity contribution in [3.63, 3.8) is 0 Å². The number of hydrogen-bond donors (Lipinski definition) is 1. The van der Waals surface area contributed by atoms with E-state index in [0.717, 1.165) is 29.6 Å². The normalized spacial score (nSPS) is 14.1. The van der Waals surface area contributed by atoms with E-state index in [0.29, 0.717) is 41.7 Å². The molecular weight excluding hydrogens is 727 g/mol. The van der Waals surface area contributed by atoms with Gasteiger partial charge in [-0.05, 0) is 101 Å². The number of ether oxygens (including phenoxy) is 3. The molecule has 5 rings (SSSR count). The van der Waals surface area contributed by atoms with Gasteiger partial charge in [0.25, 0.3) is 11.8 Å². The van der Waals surface area contributed by atoms with Gasteiger partial charge in [-0.1, -0.05) is 57.9 Å². The molecule has 1 saturated heterocycles. The average Bonchev–Trinajstić information content (AvgIpc) is 2.99. The summed E-state index contributed by atoms with van der Waals surface area (Å²) in [6.45, 7) is 2.72. The standard InChI is InChI=1S/C33H26BrIN2O6/c1-20-4-3-5-22(14-20)19-43-30-28(35)16-23(17-29(30)41-2)15-27-31(38)36-33(40)37(32(27)39)25-10-12-26(13-11-25)42-18-21-6-8-24(34)9-7-21/h3-17H,18-19H2,1-2H3,(H,36,38,40)/b27-15+. The molecule has 1 aliphatic rings. The van der Waals surface area contributed by atoms with E-state index in [1.807, 2.05) is 55.5 Å². The number of benzene rings is 4. The molecule has 1 N–H and O–H groups in total. The SMILES string of the molecule is COc1cc(/C=C2\C(=O)NC(=O)N(c3ccc(OCc4ccc(Br)cc4)cc3)C2=O)cc(I)c1OCc1cccc(C)c1. The van der Waals surface area contributed by atoms with E-state index in [2.05, 4.69) is 43.8 Å². The van der Waals surface area contributed by atoms with Gasteiger partial charge >= 0.3 is 6.03 Å². The molecule has 8 nitrogen and oxygen atoms in total. The molecule has 0 bridgehead atoms. The van der Waals surface area contributed by atoms with Crippen LogP contribution < -0.4 is 24.4 Å². The van der Waals surface area contributed by atoms with Crippen molar-refractivity contribution in [2.24, 2.45) is 0 Å². The number of nitrogens with zero attached hydrogens (tertiary/aromatic N) is 1. The van der Waals surface area contributed by atoms with Crippen LogP contribution in [0.2, 0.25) is 0 Å². The lowest BCUT2D eigenvalue weighted by molar-refractivity contribution is -0.122. The molecule has 1 heterocycles. The number of nitrogens with one attached hydrogen (secondary N) is 1. The fourth-order valence-electron chi connectivity index (χ4n) is 4.42. The van der Waals surface area contributed by atoms with E-state index in [1.54, 1.807) is 36.4 Å². The Balaban J connectivity index is 1.34. The van der Waals surface area contributed by atoms with Crippen LogP contribution in [0, 0.1) is 10.5 Å². The molecule has 0 aliphatic carbocycles. The summed E-state index contributed by atoms with van der Waals surface area (Å²) in [4.78, 5) is 39.8. The highest BCUT2D eigenvalue weighted by atomic mass is 127. The molecule has 10 heteroatoms. The van der Waals surface area contributed by atoms with Crippen molar-refractivity contribution >= 4 is 68.1 Å². The summed E-state index contributed by atoms with van der Waals surface area (Å²) in [5.74, 6) is 0.0300. The van der Waals surface area contributed by atoms with Crippen molar-refractivity contribution in [3.8, 4) is 17.2 Å². The molecule has 1 aliphatic heterocycles. The Bertz CT molecular complexity index is 1720. The van der Waals surface area contributed by atoms with Crippen LogP contribution in [-0.2, 0) is 22.8 Å². The Morgan fingerprint density at radius 2 is 1.60 bits per heavy atom. The first-order valence-corrected chi connectivity index (χ1v) is 15.0. The van der Waals surface area contributed by atoms with Crippen LogP contribution in [0.5, 0.6) is 17.2 Å². The molecule has 0 saturated carbocycles. The Kier molecular flexibility index (Phi) is 9.46. The molecule has 218 valence electrons. The molecule has 0 aromatic heterocycles. The number of anilines is 1. The second-order valence-corrected chi connectivity index (χ2v) is 11.8. The molecule has 4 aromatic carbocycles. The monoisotopic (exact) mass is 752 g/mol. The highest BCUT2D eigenvalue weighted by Gasteiger charge is 2.37. The lowest BCUT2D eigenvalue weighted by atomic mass is 10.1. The van der Waals surface area contributed by atoms with E-state index in [4.69, 9.17) is 14.2 Å². The molecule has 4 amide bonds. The van der Waals surface area contributed by atoms with Crippen molar-refractivity contribution in [2.45, 2.75) is 20.1 Å². The van der Waals surface area contributed by atoms with Crippen molar-refractivity contribution in [1.29, 1.82) is 0 Å². The number of imide groups is 2. The molecule has 1 fully saturated rings. The number of aryl methyl sites for hydroxylation is 1. The van der Waals surface area contributed by atoms with Crippen molar-refractivity contribution in [3.05, 3.63) is 121 Å². The molecule has 0 unspecified atom stereocenters. The van der Waals surface area contributed by atoms with E-state index < -0.39 is 17.8 Å². The lowest BCUT2D eigenvalue weighted by Gasteiger charge is -2.26. The zero-order chi connectivity index (χ0) is 30.5. The number of halogens is 2. The lowest BCUT2D eigenvalue weighted by Crippen LogP contribution is -2.54. The summed E-state index contributed by atoms with van der Waals surface area (Å²) in [5, 5.41) is 2.26. The third-order valence-electron chi connectivity index (χ3n) is 6.54. The summed E-state index contributed by atoms with van der Waals surface area (Å²) < 4.78 is 19.2. The number of urea groups is 1. The van der Waals surface area contributed by atoms with E-state index in [-0.39, 0.29) is 5.57 Å². The van der Waals surface area contributed by atoms with Crippen LogP contribution >= 0.6 is 38.5 Å². The molecular formula is C33H26BrIN2O6. The zero-order valence-electron chi connectivity index (χ0n) is 23.2. The maximum absolute atomic E-state index is 13.5. The van der Waals surface area contributed by atoms with Gasteiger partial charge in [0.1, 0.15) is 24.5 Å². The number of carbonyl (C=O) groups excluding carboxylic acids is 3. The van der Waals surface area contributed by atoms with Gasteiger partial charge in [0.15, 0.2) is 11.5 Å². The molecule has 0 atom stereocenters. The summed E-state index contributed by atoms with van der Waals surface area (Å²) in [6, 6.07) is 24.9. The highest BCUT2D eigenvalue weighted by molar-refractivity contribution is 14.1. The fourth-order valence-corrected chi connectivity index (χ4v) is 5.46. The van der Waals surface area contributed by atoms with Crippen LogP contribution in [0.1, 0.15) is 22.3 Å². The van der Waals surface area contributed by atoms with Crippen LogP contribution in [0.4, 0.5) is 10.5 Å². The van der Waals surface area contributed by atoms with Gasteiger partial charge in [-0.15, -0.1) is 0 Å². The fraction of sp³-hybridized carbons (Fsp3) is 0.121. The predicted octanol–water partition coefficient (Wildman–Crippen LogP) is 7.20. The number of methoxy groups -OCH3 is 1. The second-order valence-electron chi connectivity index (χ2n) is 9.68. The second kappa shape index (κ2) is 13.4. The predicted molar refractivity (Wildman–Crippen MR) is 175 cm³/mol. The summed E-state index contributed by atoms with van der Waals surface area (Å²) in [7, 11) is 1.52. The van der Waals surface area contributed by atoms with Crippen LogP contribution in [0.15, 0.2) is 95.0 Å². The van der Waals surface area contributed by atoms with Gasteiger partial charge in [0.2, 0.25) is 0 Å².